The van der Waals surface area contributed by atoms with E-state index in [1.54, 1.807) is 0 Å². The lowest BCUT2D eigenvalue weighted by molar-refractivity contribution is -0.147. The van der Waals surface area contributed by atoms with Crippen LogP contribution in [0, 0.1) is 17.3 Å². The van der Waals surface area contributed by atoms with E-state index in [2.05, 4.69) is 26.1 Å². The molecule has 1 amide bonds. The molecule has 1 saturated carbocycles. The van der Waals surface area contributed by atoms with Crippen LogP contribution in [0.2, 0.25) is 0 Å². The quantitative estimate of drug-likeness (QED) is 0.316. The van der Waals surface area contributed by atoms with Crippen LogP contribution in [0.3, 0.4) is 0 Å². The zero-order valence-electron chi connectivity index (χ0n) is 21.8. The Morgan fingerprint density at radius 3 is 2.43 bits per heavy atom. The van der Waals surface area contributed by atoms with E-state index in [0.29, 0.717) is 31.5 Å². The van der Waals surface area contributed by atoms with Crippen molar-refractivity contribution in [2.24, 2.45) is 23.0 Å². The third-order valence-electron chi connectivity index (χ3n) is 7.73. The Kier molecular flexibility index (Phi) is 6.75. The van der Waals surface area contributed by atoms with Gasteiger partial charge in [-0.25, -0.2) is 0 Å². The van der Waals surface area contributed by atoms with Gasteiger partial charge in [0.1, 0.15) is 22.8 Å². The molecule has 3 aliphatic rings. The molecule has 0 unspecified atom stereocenters. The SMILES string of the molecule is CCCc1cc(CNCC(C)(C)C)c(O)c2c1C[C@H]1C[C@H]3CC(=O)C(C(N)=O)=C(O)[C@@]3(O)C(=O)C1=C2O. The zero-order valence-corrected chi connectivity index (χ0v) is 21.8. The van der Waals surface area contributed by atoms with Crippen LogP contribution < -0.4 is 11.1 Å². The van der Waals surface area contributed by atoms with Crippen LogP contribution in [-0.4, -0.2) is 50.0 Å². The Bertz CT molecular complexity index is 1250. The van der Waals surface area contributed by atoms with Gasteiger partial charge >= 0.3 is 0 Å². The number of primary amides is 1. The van der Waals surface area contributed by atoms with Crippen LogP contribution in [0.4, 0.5) is 0 Å². The van der Waals surface area contributed by atoms with Gasteiger partial charge in [0.15, 0.2) is 11.4 Å². The number of Topliss-reactive ketones (excluding diaryl/α,β-unsaturated/α-hetero) is 2. The summed E-state index contributed by atoms with van der Waals surface area (Å²) in [5.41, 5.74) is 4.25. The predicted molar refractivity (Wildman–Crippen MR) is 137 cm³/mol. The first kappa shape index (κ1) is 26.9. The highest BCUT2D eigenvalue weighted by Crippen LogP contribution is 2.52. The van der Waals surface area contributed by atoms with Gasteiger partial charge in [-0.1, -0.05) is 40.2 Å². The van der Waals surface area contributed by atoms with Crippen LogP contribution >= 0.6 is 0 Å². The van der Waals surface area contributed by atoms with Gasteiger partial charge in [-0.3, -0.25) is 14.4 Å². The number of ketones is 2. The van der Waals surface area contributed by atoms with Crippen molar-refractivity contribution in [3.05, 3.63) is 45.2 Å². The molecule has 1 fully saturated rings. The van der Waals surface area contributed by atoms with Gasteiger partial charge in [-0.05, 0) is 41.7 Å². The van der Waals surface area contributed by atoms with Gasteiger partial charge in [0.25, 0.3) is 5.91 Å². The third-order valence-corrected chi connectivity index (χ3v) is 7.73. The largest absolute Gasteiger partial charge is 0.508 e. The van der Waals surface area contributed by atoms with Crippen molar-refractivity contribution in [3.8, 4) is 5.75 Å². The number of benzene rings is 1. The maximum absolute atomic E-state index is 13.7. The fraction of sp³-hybridized carbons (Fsp3) is 0.536. The number of rotatable bonds is 6. The molecule has 1 aromatic rings. The average molecular weight is 513 g/mol. The number of hydrogen-bond acceptors (Lipinski definition) is 8. The molecular formula is C28H36N2O7. The molecule has 0 aliphatic heterocycles. The van der Waals surface area contributed by atoms with Crippen LogP contribution in [0.25, 0.3) is 5.76 Å². The standard InChI is InChI=1S/C28H36N2O7/c1-5-6-13-7-15(11-30-12-27(2,3)4)22(32)20-17(13)9-14-8-16-10-18(31)21(26(29)36)25(35)28(16,37)24(34)19(14)23(20)33/h7,14,16,30,32-33,35,37H,5-6,8-12H2,1-4H3,(H2,29,36)/t14-,16+,28+/m1/s1. The molecule has 3 aliphatic carbocycles. The summed E-state index contributed by atoms with van der Waals surface area (Å²) in [6.45, 7) is 9.35. The second-order valence-corrected chi connectivity index (χ2v) is 11.7. The Hall–Kier alpha value is -3.17. The van der Waals surface area contributed by atoms with Gasteiger partial charge < -0.3 is 31.5 Å². The molecule has 0 radical (unpaired) electrons. The highest BCUT2D eigenvalue weighted by Gasteiger charge is 2.60. The monoisotopic (exact) mass is 512 g/mol. The molecule has 200 valence electrons. The first-order chi connectivity index (χ1) is 17.2. The Labute approximate surface area is 216 Å². The number of phenols is 1. The number of nitrogens with one attached hydrogen (secondary N) is 1. The van der Waals surface area contributed by atoms with Crippen LogP contribution in [0.1, 0.15) is 69.2 Å². The van der Waals surface area contributed by atoms with E-state index in [9.17, 15) is 34.8 Å². The van der Waals surface area contributed by atoms with Crippen LogP contribution in [0.15, 0.2) is 23.0 Å². The third kappa shape index (κ3) is 4.34. The van der Waals surface area contributed by atoms with E-state index < -0.39 is 52.0 Å². The van der Waals surface area contributed by atoms with Gasteiger partial charge in [0.2, 0.25) is 5.78 Å². The van der Waals surface area contributed by atoms with Gasteiger partial charge in [0, 0.05) is 36.6 Å². The lowest BCUT2D eigenvalue weighted by atomic mass is 9.59. The maximum atomic E-state index is 13.7. The Morgan fingerprint density at radius 1 is 1.16 bits per heavy atom. The van der Waals surface area contributed by atoms with Crippen molar-refractivity contribution in [2.75, 3.05) is 6.54 Å². The Morgan fingerprint density at radius 2 is 1.84 bits per heavy atom. The first-order valence-corrected chi connectivity index (χ1v) is 12.8. The van der Waals surface area contributed by atoms with Crippen LogP contribution in [-0.2, 0) is 33.8 Å². The minimum Gasteiger partial charge on any atom is -0.508 e. The predicted octanol–water partition coefficient (Wildman–Crippen LogP) is 2.51. The summed E-state index contributed by atoms with van der Waals surface area (Å²) in [4.78, 5) is 38.0. The maximum Gasteiger partial charge on any atom is 0.255 e. The van der Waals surface area contributed by atoms with E-state index in [0.717, 1.165) is 17.5 Å². The lowest BCUT2D eigenvalue weighted by Crippen LogP contribution is -2.58. The van der Waals surface area contributed by atoms with Crippen molar-refractivity contribution in [1.29, 1.82) is 0 Å². The highest BCUT2D eigenvalue weighted by atomic mass is 16.3. The fourth-order valence-electron chi connectivity index (χ4n) is 6.03. The fourth-order valence-corrected chi connectivity index (χ4v) is 6.03. The van der Waals surface area contributed by atoms with Gasteiger partial charge in [0.05, 0.1) is 5.56 Å². The van der Waals surface area contributed by atoms with E-state index in [1.165, 1.54) is 0 Å². The number of phenolic OH excluding ortho intramolecular Hbond substituents is 1. The van der Waals surface area contributed by atoms with Crippen molar-refractivity contribution >= 4 is 23.2 Å². The summed E-state index contributed by atoms with van der Waals surface area (Å²) >= 11 is 0. The molecule has 0 aromatic heterocycles. The molecule has 0 bridgehead atoms. The van der Waals surface area contributed by atoms with Gasteiger partial charge in [-0.15, -0.1) is 0 Å². The number of carbonyl (C=O) groups is 3. The summed E-state index contributed by atoms with van der Waals surface area (Å²) in [6, 6.07) is 1.93. The van der Waals surface area contributed by atoms with Crippen LogP contribution in [0.5, 0.6) is 5.75 Å². The number of aromatic hydroxyl groups is 1. The van der Waals surface area contributed by atoms with Gasteiger partial charge in [-0.2, -0.15) is 0 Å². The average Bonchev–Trinajstić information content (AvgIpc) is 2.78. The van der Waals surface area contributed by atoms with E-state index in [4.69, 9.17) is 5.73 Å². The molecule has 37 heavy (non-hydrogen) atoms. The number of aliphatic hydroxyl groups is 3. The van der Waals surface area contributed by atoms with Crippen molar-refractivity contribution in [3.63, 3.8) is 0 Å². The summed E-state index contributed by atoms with van der Waals surface area (Å²) < 4.78 is 0. The number of hydrogen-bond donors (Lipinski definition) is 6. The van der Waals surface area contributed by atoms with E-state index in [1.807, 2.05) is 13.0 Å². The number of fused-ring (bicyclic) bond motifs is 3. The van der Waals surface area contributed by atoms with E-state index in [-0.39, 0.29) is 35.1 Å². The Balaban J connectivity index is 1.85. The molecule has 3 atom stereocenters. The molecule has 7 N–H and O–H groups in total. The molecule has 1 aromatic carbocycles. The minimum atomic E-state index is -2.55. The first-order valence-electron chi connectivity index (χ1n) is 12.8. The molecule has 4 rings (SSSR count). The van der Waals surface area contributed by atoms with Crippen molar-refractivity contribution in [1.82, 2.24) is 5.32 Å². The minimum absolute atomic E-state index is 0.0224. The van der Waals surface area contributed by atoms with Crippen molar-refractivity contribution in [2.45, 2.75) is 71.9 Å². The molecular weight excluding hydrogens is 476 g/mol. The highest BCUT2D eigenvalue weighted by molar-refractivity contribution is 6.22. The summed E-state index contributed by atoms with van der Waals surface area (Å²) in [5, 5.41) is 48.1. The lowest BCUT2D eigenvalue weighted by Gasteiger charge is -2.46. The number of nitrogens with two attached hydrogens (primary N) is 1. The summed E-state index contributed by atoms with van der Waals surface area (Å²) in [6.07, 6.45) is 1.67. The molecule has 0 heterocycles. The second kappa shape index (κ2) is 9.29. The number of amides is 1. The smallest absolute Gasteiger partial charge is 0.255 e. The zero-order chi connectivity index (χ0) is 27.4. The van der Waals surface area contributed by atoms with Crippen molar-refractivity contribution < 1.29 is 34.8 Å². The number of aryl methyl sites for hydroxylation is 1. The number of aliphatic hydroxyl groups excluding tert-OH is 2. The summed E-state index contributed by atoms with van der Waals surface area (Å²) in [5.74, 6) is -6.08. The van der Waals surface area contributed by atoms with E-state index >= 15 is 0 Å². The molecule has 9 nitrogen and oxygen atoms in total. The normalized spacial score (nSPS) is 25.6. The number of carbonyl (C=O) groups excluding carboxylic acids is 3. The second-order valence-electron chi connectivity index (χ2n) is 11.7. The molecule has 0 saturated heterocycles. The summed E-state index contributed by atoms with van der Waals surface area (Å²) in [7, 11) is 0. The molecule has 9 heteroatoms. The molecule has 0 spiro atoms. The topological polar surface area (TPSA) is 170 Å².